The molecule has 156 valence electrons. The number of benzene rings is 4. The number of hydrazone groups is 1. The number of nitro benzene ring substituents is 1. The van der Waals surface area contributed by atoms with Gasteiger partial charge < -0.3 is 0 Å². The lowest BCUT2D eigenvalue weighted by atomic mass is 9.96. The molecule has 1 atom stereocenters. The van der Waals surface area contributed by atoms with Crippen LogP contribution >= 0.6 is 0 Å². The van der Waals surface area contributed by atoms with Crippen molar-refractivity contribution in [3.63, 3.8) is 0 Å². The molecule has 1 heterocycles. The summed E-state index contributed by atoms with van der Waals surface area (Å²) in [7, 11) is 0. The zero-order chi connectivity index (χ0) is 21.9. The second kappa shape index (κ2) is 8.47. The van der Waals surface area contributed by atoms with Crippen molar-refractivity contribution in [3.05, 3.63) is 130 Å². The van der Waals surface area contributed by atoms with Crippen LogP contribution in [0.5, 0.6) is 0 Å². The third-order valence-corrected chi connectivity index (χ3v) is 5.75. The first kappa shape index (κ1) is 19.7. The molecule has 0 N–H and O–H groups in total. The molecule has 0 bridgehead atoms. The van der Waals surface area contributed by atoms with Crippen LogP contribution in [0, 0.1) is 10.1 Å². The maximum atomic E-state index is 11.1. The molecule has 4 aromatic rings. The van der Waals surface area contributed by atoms with Crippen LogP contribution in [0.2, 0.25) is 0 Å². The van der Waals surface area contributed by atoms with Gasteiger partial charge in [0.2, 0.25) is 0 Å². The van der Waals surface area contributed by atoms with Gasteiger partial charge in [0.1, 0.15) is 0 Å². The average molecular weight is 419 g/mol. The number of rotatable bonds is 5. The maximum absolute atomic E-state index is 11.1. The summed E-state index contributed by atoms with van der Waals surface area (Å²) in [5.41, 5.74) is 6.49. The van der Waals surface area contributed by atoms with E-state index in [0.717, 1.165) is 28.9 Å². The van der Waals surface area contributed by atoms with E-state index in [0.29, 0.717) is 0 Å². The van der Waals surface area contributed by atoms with Gasteiger partial charge in [-0.1, -0.05) is 84.9 Å². The van der Waals surface area contributed by atoms with Crippen molar-refractivity contribution in [1.82, 2.24) is 0 Å². The number of hydrogen-bond acceptors (Lipinski definition) is 4. The van der Waals surface area contributed by atoms with Gasteiger partial charge in [-0.05, 0) is 34.4 Å². The minimum Gasteiger partial charge on any atom is -0.258 e. The van der Waals surface area contributed by atoms with Crippen molar-refractivity contribution >= 4 is 17.1 Å². The Hall–Kier alpha value is -4.25. The Kier molecular flexibility index (Phi) is 5.22. The standard InChI is InChI=1S/C27H21N3O2/c31-30(32)25-17-15-24(16-18-25)29-27(23-9-5-2-6-10-23)19-26(28-29)22-13-11-21(12-14-22)20-7-3-1-4-8-20/h1-18,27H,19H2/t27-/m1/s1. The highest BCUT2D eigenvalue weighted by Crippen LogP contribution is 2.37. The summed E-state index contributed by atoms with van der Waals surface area (Å²) < 4.78 is 0. The lowest BCUT2D eigenvalue weighted by molar-refractivity contribution is -0.384. The molecule has 0 saturated carbocycles. The predicted octanol–water partition coefficient (Wildman–Crippen LogP) is 6.62. The molecule has 1 aliphatic rings. The number of nitro groups is 1. The zero-order valence-corrected chi connectivity index (χ0v) is 17.3. The smallest absolute Gasteiger partial charge is 0.258 e. The molecule has 0 unspecified atom stereocenters. The molecule has 5 heteroatoms. The summed E-state index contributed by atoms with van der Waals surface area (Å²) in [5.74, 6) is 0. The predicted molar refractivity (Wildman–Crippen MR) is 128 cm³/mol. The molecule has 0 amide bonds. The van der Waals surface area contributed by atoms with Crippen LogP contribution in [0.25, 0.3) is 11.1 Å². The van der Waals surface area contributed by atoms with Crippen LogP contribution in [-0.4, -0.2) is 10.6 Å². The van der Waals surface area contributed by atoms with E-state index in [9.17, 15) is 10.1 Å². The highest BCUT2D eigenvalue weighted by molar-refractivity contribution is 6.03. The number of anilines is 1. The monoisotopic (exact) mass is 419 g/mol. The second-order valence-electron chi connectivity index (χ2n) is 7.74. The Morgan fingerprint density at radius 3 is 1.91 bits per heavy atom. The third-order valence-electron chi connectivity index (χ3n) is 5.75. The average Bonchev–Trinajstić information content (AvgIpc) is 3.31. The fourth-order valence-corrected chi connectivity index (χ4v) is 4.07. The molecule has 4 aromatic carbocycles. The van der Waals surface area contributed by atoms with Crippen molar-refractivity contribution in [2.75, 3.05) is 5.01 Å². The van der Waals surface area contributed by atoms with Crippen LogP contribution in [0.3, 0.4) is 0 Å². The van der Waals surface area contributed by atoms with Crippen molar-refractivity contribution < 1.29 is 4.92 Å². The highest BCUT2D eigenvalue weighted by atomic mass is 16.6. The van der Waals surface area contributed by atoms with Gasteiger partial charge in [-0.2, -0.15) is 5.10 Å². The molecular weight excluding hydrogens is 398 g/mol. The summed E-state index contributed by atoms with van der Waals surface area (Å²) in [6.45, 7) is 0. The Labute approximate surface area is 186 Å². The Bertz CT molecular complexity index is 1250. The first-order chi connectivity index (χ1) is 15.7. The summed E-state index contributed by atoms with van der Waals surface area (Å²) in [4.78, 5) is 10.7. The summed E-state index contributed by atoms with van der Waals surface area (Å²) in [5, 5.41) is 18.0. The molecule has 0 saturated heterocycles. The van der Waals surface area contributed by atoms with Gasteiger partial charge in [-0.15, -0.1) is 0 Å². The van der Waals surface area contributed by atoms with Gasteiger partial charge in [0.25, 0.3) is 5.69 Å². The normalized spacial score (nSPS) is 15.4. The second-order valence-corrected chi connectivity index (χ2v) is 7.74. The molecular formula is C27H21N3O2. The van der Waals surface area contributed by atoms with Crippen LogP contribution in [0.15, 0.2) is 114 Å². The van der Waals surface area contributed by atoms with Crippen molar-refractivity contribution in [3.8, 4) is 11.1 Å². The molecule has 0 aromatic heterocycles. The Morgan fingerprint density at radius 1 is 0.719 bits per heavy atom. The van der Waals surface area contributed by atoms with E-state index >= 15 is 0 Å². The molecule has 5 rings (SSSR count). The van der Waals surface area contributed by atoms with E-state index in [1.54, 1.807) is 12.1 Å². The topological polar surface area (TPSA) is 58.7 Å². The number of nitrogens with zero attached hydrogens (tertiary/aromatic N) is 3. The first-order valence-corrected chi connectivity index (χ1v) is 10.5. The lowest BCUT2D eigenvalue weighted by Gasteiger charge is -2.23. The van der Waals surface area contributed by atoms with Gasteiger partial charge in [0, 0.05) is 18.6 Å². The molecule has 0 spiro atoms. The Morgan fingerprint density at radius 2 is 1.28 bits per heavy atom. The van der Waals surface area contributed by atoms with E-state index in [2.05, 4.69) is 48.5 Å². The van der Waals surface area contributed by atoms with Gasteiger partial charge in [-0.25, -0.2) is 0 Å². The number of hydrogen-bond donors (Lipinski definition) is 0. The molecule has 1 aliphatic heterocycles. The highest BCUT2D eigenvalue weighted by Gasteiger charge is 2.30. The van der Waals surface area contributed by atoms with Crippen LogP contribution in [0.4, 0.5) is 11.4 Å². The van der Waals surface area contributed by atoms with Crippen molar-refractivity contribution in [1.29, 1.82) is 0 Å². The molecule has 32 heavy (non-hydrogen) atoms. The van der Waals surface area contributed by atoms with E-state index < -0.39 is 0 Å². The fraction of sp³-hybridized carbons (Fsp3) is 0.0741. The lowest BCUT2D eigenvalue weighted by Crippen LogP contribution is -2.18. The SMILES string of the molecule is O=[N+]([O-])c1ccc(N2N=C(c3ccc(-c4ccccc4)cc3)C[C@@H]2c2ccccc2)cc1. The van der Waals surface area contributed by atoms with E-state index in [1.807, 2.05) is 41.4 Å². The molecule has 5 nitrogen and oxygen atoms in total. The van der Waals surface area contributed by atoms with Crippen molar-refractivity contribution in [2.24, 2.45) is 5.10 Å². The Balaban J connectivity index is 1.48. The number of non-ortho nitro benzene ring substituents is 1. The quantitative estimate of drug-likeness (QED) is 0.270. The first-order valence-electron chi connectivity index (χ1n) is 10.5. The van der Waals surface area contributed by atoms with Crippen LogP contribution in [-0.2, 0) is 0 Å². The molecule has 0 fully saturated rings. The van der Waals surface area contributed by atoms with Gasteiger partial charge in [0.15, 0.2) is 0 Å². The fourth-order valence-electron chi connectivity index (χ4n) is 4.07. The van der Waals surface area contributed by atoms with Gasteiger partial charge in [0.05, 0.1) is 22.4 Å². The summed E-state index contributed by atoms with van der Waals surface area (Å²) >= 11 is 0. The summed E-state index contributed by atoms with van der Waals surface area (Å²) in [6.07, 6.45) is 0.756. The van der Waals surface area contributed by atoms with E-state index in [-0.39, 0.29) is 16.7 Å². The van der Waals surface area contributed by atoms with Crippen LogP contribution in [0.1, 0.15) is 23.6 Å². The molecule has 0 aliphatic carbocycles. The third kappa shape index (κ3) is 3.88. The summed E-state index contributed by atoms with van der Waals surface area (Å²) in [6, 6.07) is 35.6. The minimum atomic E-state index is -0.384. The van der Waals surface area contributed by atoms with Gasteiger partial charge >= 0.3 is 0 Å². The minimum absolute atomic E-state index is 0.0291. The van der Waals surface area contributed by atoms with E-state index in [1.165, 1.54) is 23.3 Å². The largest absolute Gasteiger partial charge is 0.269 e. The van der Waals surface area contributed by atoms with Crippen LogP contribution < -0.4 is 5.01 Å². The molecule has 0 radical (unpaired) electrons. The van der Waals surface area contributed by atoms with Crippen molar-refractivity contribution in [2.45, 2.75) is 12.5 Å². The van der Waals surface area contributed by atoms with Gasteiger partial charge in [-0.3, -0.25) is 15.1 Å². The zero-order valence-electron chi connectivity index (χ0n) is 17.3. The van der Waals surface area contributed by atoms with E-state index in [4.69, 9.17) is 5.10 Å². The maximum Gasteiger partial charge on any atom is 0.269 e.